The number of nitrogens with one attached hydrogen (secondary N) is 1. The molecule has 2 aromatic rings. The third-order valence-corrected chi connectivity index (χ3v) is 6.38. The Bertz CT molecular complexity index is 1010. The number of halogens is 2. The quantitative estimate of drug-likeness (QED) is 0.689. The van der Waals surface area contributed by atoms with Gasteiger partial charge >= 0.3 is 5.97 Å². The maximum atomic E-state index is 12.1. The van der Waals surface area contributed by atoms with Gasteiger partial charge in [-0.15, -0.1) is 0 Å². The van der Waals surface area contributed by atoms with E-state index in [1.165, 1.54) is 38.4 Å². The first kappa shape index (κ1) is 22.2. The minimum atomic E-state index is -3.60. The van der Waals surface area contributed by atoms with Gasteiger partial charge in [-0.2, -0.15) is 0 Å². The summed E-state index contributed by atoms with van der Waals surface area (Å²) in [6.07, 6.45) is 0. The van der Waals surface area contributed by atoms with Gasteiger partial charge in [-0.3, -0.25) is 4.79 Å². The molecule has 0 radical (unpaired) electrons. The van der Waals surface area contributed by atoms with Gasteiger partial charge in [-0.25, -0.2) is 17.5 Å². The maximum Gasteiger partial charge on any atom is 0.338 e. The second-order valence-corrected chi connectivity index (χ2v) is 8.93. The number of ether oxygens (including phenoxy) is 1. The number of carbonyl (C=O) groups is 2. The van der Waals surface area contributed by atoms with Crippen LogP contribution in [0.15, 0.2) is 41.3 Å². The van der Waals surface area contributed by atoms with Gasteiger partial charge in [0.15, 0.2) is 6.61 Å². The lowest BCUT2D eigenvalue weighted by Gasteiger charge is -2.12. The van der Waals surface area contributed by atoms with E-state index in [1.807, 2.05) is 0 Å². The molecule has 10 heteroatoms. The van der Waals surface area contributed by atoms with E-state index >= 15 is 0 Å². The zero-order chi connectivity index (χ0) is 21.1. The molecule has 0 unspecified atom stereocenters. The highest BCUT2D eigenvalue weighted by molar-refractivity contribution is 7.89. The van der Waals surface area contributed by atoms with Gasteiger partial charge in [0.05, 0.1) is 26.2 Å². The summed E-state index contributed by atoms with van der Waals surface area (Å²) in [4.78, 5) is 24.1. The van der Waals surface area contributed by atoms with Crippen molar-refractivity contribution < 1.29 is 22.7 Å². The van der Waals surface area contributed by atoms with Crippen molar-refractivity contribution in [3.63, 3.8) is 0 Å². The number of rotatable bonds is 6. The Morgan fingerprint density at radius 2 is 1.68 bits per heavy atom. The number of anilines is 1. The monoisotopic (exact) mass is 444 g/mol. The molecule has 0 aliphatic rings. The van der Waals surface area contributed by atoms with Crippen molar-refractivity contribution >= 4 is 50.8 Å². The number of sulfonamides is 1. The van der Waals surface area contributed by atoms with Crippen LogP contribution in [0.5, 0.6) is 0 Å². The third kappa shape index (κ3) is 5.02. The van der Waals surface area contributed by atoms with Crippen LogP contribution in [0.25, 0.3) is 0 Å². The number of hydrogen-bond acceptors (Lipinski definition) is 5. The SMILES string of the molecule is Cc1ccc(Cl)c(NC(=O)COC(=O)c2ccc(S(=O)(=O)N(C)C)cc2)c1Cl. The molecule has 0 fully saturated rings. The van der Waals surface area contributed by atoms with Gasteiger partial charge in [-0.05, 0) is 42.8 Å². The number of hydrogen-bond donors (Lipinski definition) is 1. The summed E-state index contributed by atoms with van der Waals surface area (Å²) < 4.78 is 30.0. The second kappa shape index (κ2) is 8.91. The first-order chi connectivity index (χ1) is 13.0. The lowest BCUT2D eigenvalue weighted by molar-refractivity contribution is -0.119. The van der Waals surface area contributed by atoms with E-state index in [0.29, 0.717) is 5.02 Å². The highest BCUT2D eigenvalue weighted by Crippen LogP contribution is 2.32. The molecule has 0 saturated carbocycles. The predicted molar refractivity (Wildman–Crippen MR) is 107 cm³/mol. The largest absolute Gasteiger partial charge is 0.452 e. The van der Waals surface area contributed by atoms with Crippen molar-refractivity contribution in [2.24, 2.45) is 0 Å². The fourth-order valence-corrected chi connectivity index (χ4v) is 3.50. The molecular weight excluding hydrogens is 427 g/mol. The summed E-state index contributed by atoms with van der Waals surface area (Å²) >= 11 is 12.1. The van der Waals surface area contributed by atoms with Crippen LogP contribution in [-0.2, 0) is 19.6 Å². The number of nitrogens with zero attached hydrogens (tertiary/aromatic N) is 1. The van der Waals surface area contributed by atoms with E-state index in [-0.39, 0.29) is 21.2 Å². The summed E-state index contributed by atoms with van der Waals surface area (Å²) in [5.74, 6) is -1.39. The second-order valence-electron chi connectivity index (χ2n) is 5.99. The first-order valence-corrected chi connectivity index (χ1v) is 10.2. The van der Waals surface area contributed by atoms with E-state index in [0.717, 1.165) is 9.87 Å². The number of aryl methyl sites for hydroxylation is 1. The molecule has 0 atom stereocenters. The minimum absolute atomic E-state index is 0.0375. The summed E-state index contributed by atoms with van der Waals surface area (Å²) in [5, 5.41) is 3.06. The lowest BCUT2D eigenvalue weighted by Crippen LogP contribution is -2.22. The van der Waals surface area contributed by atoms with Gasteiger partial charge in [0.1, 0.15) is 0 Å². The lowest BCUT2D eigenvalue weighted by atomic mass is 10.2. The Kier molecular flexibility index (Phi) is 7.06. The van der Waals surface area contributed by atoms with Crippen LogP contribution in [0, 0.1) is 6.92 Å². The van der Waals surface area contributed by atoms with Crippen LogP contribution in [0.2, 0.25) is 10.0 Å². The van der Waals surface area contributed by atoms with Crippen molar-refractivity contribution in [2.75, 3.05) is 26.0 Å². The number of benzene rings is 2. The number of amides is 1. The molecule has 2 aromatic carbocycles. The standard InChI is InChI=1S/C18H18Cl2N2O5S/c1-11-4-9-14(19)17(16(11)20)21-15(23)10-27-18(24)12-5-7-13(8-6-12)28(25,26)22(2)3/h4-9H,10H2,1-3H3,(H,21,23). The molecule has 1 amide bonds. The zero-order valence-corrected chi connectivity index (χ0v) is 17.7. The summed E-state index contributed by atoms with van der Waals surface area (Å²) in [5.41, 5.74) is 1.07. The van der Waals surface area contributed by atoms with Crippen LogP contribution < -0.4 is 5.32 Å². The molecule has 1 N–H and O–H groups in total. The molecule has 150 valence electrons. The van der Waals surface area contributed by atoms with E-state index in [1.54, 1.807) is 19.1 Å². The maximum absolute atomic E-state index is 12.1. The summed E-state index contributed by atoms with van der Waals surface area (Å²) in [7, 11) is -0.788. The normalized spacial score (nSPS) is 11.4. The Morgan fingerprint density at radius 3 is 2.25 bits per heavy atom. The van der Waals surface area contributed by atoms with Gasteiger partial charge in [0, 0.05) is 14.1 Å². The van der Waals surface area contributed by atoms with Gasteiger partial charge < -0.3 is 10.1 Å². The van der Waals surface area contributed by atoms with E-state index in [9.17, 15) is 18.0 Å². The smallest absolute Gasteiger partial charge is 0.338 e. The molecule has 0 bridgehead atoms. The molecule has 7 nitrogen and oxygen atoms in total. The molecule has 0 spiro atoms. The highest BCUT2D eigenvalue weighted by Gasteiger charge is 2.18. The van der Waals surface area contributed by atoms with E-state index in [2.05, 4.69) is 5.32 Å². The molecule has 0 aliphatic carbocycles. The van der Waals surface area contributed by atoms with Crippen LogP contribution in [0.1, 0.15) is 15.9 Å². The average molecular weight is 445 g/mol. The van der Waals surface area contributed by atoms with Crippen molar-refractivity contribution in [3.8, 4) is 0 Å². The van der Waals surface area contributed by atoms with E-state index < -0.39 is 28.5 Å². The molecular formula is C18H18Cl2N2O5S. The Hall–Kier alpha value is -2.13. The average Bonchev–Trinajstić information content (AvgIpc) is 2.66. The molecule has 28 heavy (non-hydrogen) atoms. The van der Waals surface area contributed by atoms with Crippen molar-refractivity contribution in [1.29, 1.82) is 0 Å². The third-order valence-electron chi connectivity index (χ3n) is 3.75. The topological polar surface area (TPSA) is 92.8 Å². The molecule has 0 aliphatic heterocycles. The predicted octanol–water partition coefficient (Wildman–Crippen LogP) is 3.35. The fourth-order valence-electron chi connectivity index (χ4n) is 2.13. The molecule has 0 heterocycles. The van der Waals surface area contributed by atoms with Gasteiger partial charge in [0.2, 0.25) is 10.0 Å². The first-order valence-electron chi connectivity index (χ1n) is 7.98. The Balaban J connectivity index is 2.01. The number of esters is 1. The highest BCUT2D eigenvalue weighted by atomic mass is 35.5. The molecule has 0 aromatic heterocycles. The molecule has 2 rings (SSSR count). The van der Waals surface area contributed by atoms with Crippen LogP contribution >= 0.6 is 23.2 Å². The fraction of sp³-hybridized carbons (Fsp3) is 0.222. The zero-order valence-electron chi connectivity index (χ0n) is 15.3. The summed E-state index contributed by atoms with van der Waals surface area (Å²) in [6, 6.07) is 8.50. The van der Waals surface area contributed by atoms with Crippen LogP contribution in [0.3, 0.4) is 0 Å². The van der Waals surface area contributed by atoms with Gasteiger partial charge in [0.25, 0.3) is 5.91 Å². The minimum Gasteiger partial charge on any atom is -0.452 e. The van der Waals surface area contributed by atoms with Crippen molar-refractivity contribution in [2.45, 2.75) is 11.8 Å². The van der Waals surface area contributed by atoms with Crippen LogP contribution in [0.4, 0.5) is 5.69 Å². The van der Waals surface area contributed by atoms with Crippen molar-refractivity contribution in [1.82, 2.24) is 4.31 Å². The van der Waals surface area contributed by atoms with Crippen LogP contribution in [-0.4, -0.2) is 45.3 Å². The van der Waals surface area contributed by atoms with E-state index in [4.69, 9.17) is 27.9 Å². The summed E-state index contributed by atoms with van der Waals surface area (Å²) in [6.45, 7) is 1.20. The van der Waals surface area contributed by atoms with Crippen molar-refractivity contribution in [3.05, 3.63) is 57.6 Å². The molecule has 0 saturated heterocycles. The Labute approximate surface area is 173 Å². The Morgan fingerprint density at radius 1 is 1.07 bits per heavy atom. The van der Waals surface area contributed by atoms with Gasteiger partial charge in [-0.1, -0.05) is 29.3 Å². The number of carbonyl (C=O) groups excluding carboxylic acids is 2.